The molecule has 7 heteroatoms. The summed E-state index contributed by atoms with van der Waals surface area (Å²) >= 11 is 6.11. The molecule has 0 saturated carbocycles. The van der Waals surface area contributed by atoms with E-state index in [1.807, 2.05) is 43.0 Å². The number of nitrogens with zero attached hydrogens (tertiary/aromatic N) is 3. The average molecular weight is 396 g/mol. The van der Waals surface area contributed by atoms with Gasteiger partial charge >= 0.3 is 0 Å². The zero-order chi connectivity index (χ0) is 19.2. The van der Waals surface area contributed by atoms with Crippen molar-refractivity contribution in [2.45, 2.75) is 26.1 Å². The van der Waals surface area contributed by atoms with Crippen LogP contribution < -0.4 is 4.74 Å². The van der Waals surface area contributed by atoms with Crippen molar-refractivity contribution in [3.8, 4) is 5.75 Å². The van der Waals surface area contributed by atoms with Gasteiger partial charge < -0.3 is 14.4 Å². The van der Waals surface area contributed by atoms with E-state index in [9.17, 15) is 4.79 Å². The Morgan fingerprint density at radius 3 is 2.41 bits per heavy atom. The van der Waals surface area contributed by atoms with Gasteiger partial charge in [0.2, 0.25) is 5.91 Å². The van der Waals surface area contributed by atoms with Crippen LogP contribution in [0.4, 0.5) is 0 Å². The van der Waals surface area contributed by atoms with Crippen LogP contribution in [0.25, 0.3) is 0 Å². The van der Waals surface area contributed by atoms with Crippen LogP contribution in [0.1, 0.15) is 13.8 Å². The maximum Gasteiger partial charge on any atom is 0.236 e. The monoisotopic (exact) mass is 395 g/mol. The summed E-state index contributed by atoms with van der Waals surface area (Å²) in [6, 6.07) is 7.54. The molecule has 6 nitrogen and oxygen atoms in total. The number of piperazine rings is 1. The van der Waals surface area contributed by atoms with Gasteiger partial charge in [-0.3, -0.25) is 14.6 Å². The Kier molecular flexibility index (Phi) is 7.35. The topological polar surface area (TPSA) is 45.3 Å². The summed E-state index contributed by atoms with van der Waals surface area (Å²) in [6.45, 7) is 11.2. The number of amides is 1. The Hall–Kier alpha value is -1.34. The minimum absolute atomic E-state index is 0.118. The van der Waals surface area contributed by atoms with Crippen LogP contribution in [-0.4, -0.2) is 91.8 Å². The Labute approximate surface area is 167 Å². The first-order valence-corrected chi connectivity index (χ1v) is 10.1. The molecule has 1 aromatic rings. The second-order valence-corrected chi connectivity index (χ2v) is 7.86. The zero-order valence-electron chi connectivity index (χ0n) is 16.3. The van der Waals surface area contributed by atoms with Crippen LogP contribution in [0.3, 0.4) is 0 Å². The van der Waals surface area contributed by atoms with Crippen molar-refractivity contribution in [1.82, 2.24) is 14.7 Å². The predicted molar refractivity (Wildman–Crippen MR) is 106 cm³/mol. The third-order valence-electron chi connectivity index (χ3n) is 5.10. The molecule has 2 saturated heterocycles. The Morgan fingerprint density at radius 2 is 1.74 bits per heavy atom. The summed E-state index contributed by atoms with van der Waals surface area (Å²) in [7, 11) is 0. The number of morpholine rings is 1. The molecule has 0 radical (unpaired) electrons. The molecule has 2 aliphatic heterocycles. The van der Waals surface area contributed by atoms with Gasteiger partial charge in [-0.2, -0.15) is 0 Å². The van der Waals surface area contributed by atoms with Crippen LogP contribution in [0.15, 0.2) is 24.3 Å². The molecule has 0 aromatic heterocycles. The van der Waals surface area contributed by atoms with Crippen molar-refractivity contribution >= 4 is 17.5 Å². The van der Waals surface area contributed by atoms with E-state index in [1.165, 1.54) is 0 Å². The Bertz CT molecular complexity index is 612. The molecular formula is C20H30ClN3O3. The molecule has 27 heavy (non-hydrogen) atoms. The van der Waals surface area contributed by atoms with E-state index < -0.39 is 0 Å². The number of ether oxygens (including phenoxy) is 2. The van der Waals surface area contributed by atoms with E-state index in [-0.39, 0.29) is 18.1 Å². The van der Waals surface area contributed by atoms with Crippen LogP contribution in [0.5, 0.6) is 5.75 Å². The van der Waals surface area contributed by atoms with Gasteiger partial charge in [-0.05, 0) is 26.0 Å². The largest absolute Gasteiger partial charge is 0.491 e. The summed E-state index contributed by atoms with van der Waals surface area (Å²) in [5.74, 6) is 0.949. The van der Waals surface area contributed by atoms with Gasteiger partial charge in [-0.1, -0.05) is 23.7 Å². The molecule has 0 aliphatic carbocycles. The highest BCUT2D eigenvalue weighted by Crippen LogP contribution is 2.22. The number of carbonyl (C=O) groups is 1. The first-order valence-electron chi connectivity index (χ1n) is 9.76. The number of carbonyl (C=O) groups excluding carboxylic acids is 1. The molecule has 3 rings (SSSR count). The normalized spacial score (nSPS) is 24.8. The number of para-hydroxylation sites is 1. The maximum absolute atomic E-state index is 12.6. The average Bonchev–Trinajstić information content (AvgIpc) is 2.64. The fraction of sp³-hybridized carbons (Fsp3) is 0.650. The van der Waals surface area contributed by atoms with Gasteiger partial charge in [0.15, 0.2) is 0 Å². The lowest BCUT2D eigenvalue weighted by Gasteiger charge is -2.38. The van der Waals surface area contributed by atoms with E-state index in [0.717, 1.165) is 38.5 Å². The van der Waals surface area contributed by atoms with Crippen molar-refractivity contribution in [2.75, 3.05) is 59.0 Å². The number of hydrogen-bond donors (Lipinski definition) is 0. The number of hydrogen-bond acceptors (Lipinski definition) is 5. The molecular weight excluding hydrogens is 366 g/mol. The van der Waals surface area contributed by atoms with Crippen molar-refractivity contribution in [3.05, 3.63) is 29.3 Å². The molecule has 1 amide bonds. The fourth-order valence-electron chi connectivity index (χ4n) is 3.69. The van der Waals surface area contributed by atoms with Crippen LogP contribution in [-0.2, 0) is 9.53 Å². The summed E-state index contributed by atoms with van der Waals surface area (Å²) in [4.78, 5) is 19.1. The van der Waals surface area contributed by atoms with E-state index in [2.05, 4.69) is 9.80 Å². The summed E-state index contributed by atoms with van der Waals surface area (Å²) in [5, 5.41) is 0.646. The van der Waals surface area contributed by atoms with E-state index in [0.29, 0.717) is 31.3 Å². The van der Waals surface area contributed by atoms with Gasteiger partial charge in [0.25, 0.3) is 0 Å². The Balaban J connectivity index is 1.35. The first kappa shape index (κ1) is 20.4. The minimum Gasteiger partial charge on any atom is -0.491 e. The van der Waals surface area contributed by atoms with Gasteiger partial charge in [0.05, 0.1) is 23.8 Å². The fourth-order valence-corrected chi connectivity index (χ4v) is 3.88. The lowest BCUT2D eigenvalue weighted by Crippen LogP contribution is -2.54. The summed E-state index contributed by atoms with van der Waals surface area (Å²) in [6.07, 6.45) is 0.236. The van der Waals surface area contributed by atoms with Gasteiger partial charge in [0.1, 0.15) is 12.4 Å². The molecule has 2 heterocycles. The van der Waals surface area contributed by atoms with Crippen molar-refractivity contribution in [3.63, 3.8) is 0 Å². The zero-order valence-corrected chi connectivity index (χ0v) is 17.0. The highest BCUT2D eigenvalue weighted by molar-refractivity contribution is 6.32. The van der Waals surface area contributed by atoms with Crippen LogP contribution in [0.2, 0.25) is 5.02 Å². The second-order valence-electron chi connectivity index (χ2n) is 7.45. The standard InChI is InChI=1S/C20H30ClN3O3/c1-16-13-24(14-17(2)27-16)20(25)15-23-9-7-22(8-10-23)11-12-26-19-6-4-3-5-18(19)21/h3-6,16-17H,7-15H2,1-2H3. The van der Waals surface area contributed by atoms with E-state index in [4.69, 9.17) is 21.1 Å². The highest BCUT2D eigenvalue weighted by atomic mass is 35.5. The van der Waals surface area contributed by atoms with Gasteiger partial charge in [-0.25, -0.2) is 0 Å². The van der Waals surface area contributed by atoms with Crippen molar-refractivity contribution in [2.24, 2.45) is 0 Å². The number of rotatable bonds is 6. The van der Waals surface area contributed by atoms with Crippen molar-refractivity contribution < 1.29 is 14.3 Å². The van der Waals surface area contributed by atoms with E-state index in [1.54, 1.807) is 0 Å². The van der Waals surface area contributed by atoms with Crippen LogP contribution >= 0.6 is 11.6 Å². The number of benzene rings is 1. The lowest BCUT2D eigenvalue weighted by molar-refractivity contribution is -0.144. The summed E-state index contributed by atoms with van der Waals surface area (Å²) < 4.78 is 11.5. The van der Waals surface area contributed by atoms with Crippen LogP contribution in [0, 0.1) is 0 Å². The maximum atomic E-state index is 12.6. The molecule has 0 bridgehead atoms. The van der Waals surface area contributed by atoms with Gasteiger partial charge in [-0.15, -0.1) is 0 Å². The molecule has 2 unspecified atom stereocenters. The summed E-state index contributed by atoms with van der Waals surface area (Å²) in [5.41, 5.74) is 0. The second kappa shape index (κ2) is 9.73. The lowest BCUT2D eigenvalue weighted by atomic mass is 10.2. The molecule has 150 valence electrons. The molecule has 1 aromatic carbocycles. The number of halogens is 1. The predicted octanol–water partition coefficient (Wildman–Crippen LogP) is 1.97. The minimum atomic E-state index is 0.118. The SMILES string of the molecule is CC1CN(C(=O)CN2CCN(CCOc3ccccc3Cl)CC2)CC(C)O1. The molecule has 2 aliphatic rings. The Morgan fingerprint density at radius 1 is 1.11 bits per heavy atom. The van der Waals surface area contributed by atoms with Crippen molar-refractivity contribution in [1.29, 1.82) is 0 Å². The molecule has 2 fully saturated rings. The first-order chi connectivity index (χ1) is 13.0. The quantitative estimate of drug-likeness (QED) is 0.737. The smallest absolute Gasteiger partial charge is 0.236 e. The molecule has 0 spiro atoms. The van der Waals surface area contributed by atoms with E-state index >= 15 is 0 Å². The highest BCUT2D eigenvalue weighted by Gasteiger charge is 2.27. The molecule has 2 atom stereocenters. The third-order valence-corrected chi connectivity index (χ3v) is 5.41. The molecule has 0 N–H and O–H groups in total. The van der Waals surface area contributed by atoms with Gasteiger partial charge in [0, 0.05) is 45.8 Å². The third kappa shape index (κ3) is 6.07.